The van der Waals surface area contributed by atoms with Gasteiger partial charge in [-0.15, -0.1) is 0 Å². The van der Waals surface area contributed by atoms with E-state index in [1.165, 1.54) is 6.20 Å². The fraction of sp³-hybridized carbons (Fsp3) is 0.400. The Kier molecular flexibility index (Phi) is 1.37. The molecule has 0 aliphatic carbocycles. The van der Waals surface area contributed by atoms with E-state index in [1.807, 2.05) is 0 Å². The predicted octanol–water partition coefficient (Wildman–Crippen LogP) is 1.61. The average molecular weight is 117 g/mol. The lowest BCUT2D eigenvalue weighted by Crippen LogP contribution is -2.05. The summed E-state index contributed by atoms with van der Waals surface area (Å²) in [7, 11) is 0. The molecule has 3 heteroatoms. The Hall–Kier alpha value is -0.730. The number of aliphatic imine (C=N–C) groups is 1. The van der Waals surface area contributed by atoms with Crippen LogP contribution in [0, 0.1) is 0 Å². The summed E-state index contributed by atoms with van der Waals surface area (Å²) in [5.74, 6) is 0. The highest BCUT2D eigenvalue weighted by Gasteiger charge is 2.12. The number of allylic oxidation sites excluding steroid dienone is 1. The molecule has 0 aromatic rings. The van der Waals surface area contributed by atoms with Crippen molar-refractivity contribution in [2.24, 2.45) is 4.99 Å². The average Bonchev–Trinajstić information content (AvgIpc) is 2.12. The van der Waals surface area contributed by atoms with Gasteiger partial charge >= 0.3 is 0 Å². The van der Waals surface area contributed by atoms with Gasteiger partial charge in [0.1, 0.15) is 0 Å². The quantitative estimate of drug-likeness (QED) is 0.494. The normalized spacial score (nSPS) is 17.6. The zero-order chi connectivity index (χ0) is 5.98. The van der Waals surface area contributed by atoms with Crippen molar-refractivity contribution in [2.45, 2.75) is 12.8 Å². The second-order valence-electron chi connectivity index (χ2n) is 1.51. The van der Waals surface area contributed by atoms with Gasteiger partial charge in [-0.1, -0.05) is 6.08 Å². The van der Waals surface area contributed by atoms with Crippen LogP contribution in [0.4, 0.5) is 8.78 Å². The molecule has 1 aliphatic rings. The van der Waals surface area contributed by atoms with Crippen LogP contribution in [0.25, 0.3) is 0 Å². The third-order valence-electron chi connectivity index (χ3n) is 0.925. The molecule has 44 valence electrons. The number of hydrogen-bond acceptors (Lipinski definition) is 1. The summed E-state index contributed by atoms with van der Waals surface area (Å²) in [6, 6.07) is 0. The van der Waals surface area contributed by atoms with Crippen molar-refractivity contribution in [3.8, 4) is 0 Å². The first-order chi connectivity index (χ1) is 3.80. The van der Waals surface area contributed by atoms with Crippen molar-refractivity contribution in [1.82, 2.24) is 0 Å². The molecule has 1 heterocycles. The van der Waals surface area contributed by atoms with Crippen molar-refractivity contribution in [3.05, 3.63) is 12.3 Å². The van der Waals surface area contributed by atoms with Crippen LogP contribution in [-0.2, 0) is 0 Å². The Morgan fingerprint density at radius 2 is 2.38 bits per heavy atom. The predicted molar refractivity (Wildman–Crippen MR) is 27.2 cm³/mol. The summed E-state index contributed by atoms with van der Waals surface area (Å²) in [5.41, 5.74) is -0.0231. The van der Waals surface area contributed by atoms with Crippen LogP contribution >= 0.6 is 0 Å². The first-order valence-corrected chi connectivity index (χ1v) is 2.30. The molecule has 0 N–H and O–H groups in total. The van der Waals surface area contributed by atoms with E-state index >= 15 is 0 Å². The molecule has 8 heavy (non-hydrogen) atoms. The Balaban J connectivity index is 2.51. The Morgan fingerprint density at radius 1 is 1.62 bits per heavy atom. The Morgan fingerprint density at radius 3 is 2.62 bits per heavy atom. The van der Waals surface area contributed by atoms with E-state index in [9.17, 15) is 8.78 Å². The van der Waals surface area contributed by atoms with Gasteiger partial charge in [0, 0.05) is 12.6 Å². The minimum absolute atomic E-state index is 0.0231. The van der Waals surface area contributed by atoms with Crippen LogP contribution in [0.15, 0.2) is 17.3 Å². The van der Waals surface area contributed by atoms with Crippen LogP contribution in [-0.4, -0.2) is 12.1 Å². The minimum atomic E-state index is -2.37. The molecular formula is C5H5F2N. The monoisotopic (exact) mass is 117 g/mol. The number of halogens is 2. The maximum absolute atomic E-state index is 11.6. The molecule has 0 aromatic carbocycles. The highest BCUT2D eigenvalue weighted by molar-refractivity contribution is 5.90. The maximum Gasteiger partial charge on any atom is 0.276 e. The second-order valence-corrected chi connectivity index (χ2v) is 1.51. The van der Waals surface area contributed by atoms with Gasteiger partial charge in [0.25, 0.3) is 6.43 Å². The van der Waals surface area contributed by atoms with Gasteiger partial charge in [0.2, 0.25) is 0 Å². The fourth-order valence-corrected chi connectivity index (χ4v) is 0.520. The van der Waals surface area contributed by atoms with Gasteiger partial charge in [-0.3, -0.25) is 4.99 Å². The Bertz CT molecular complexity index is 137. The molecule has 0 radical (unpaired) electrons. The molecule has 0 spiro atoms. The summed E-state index contributed by atoms with van der Waals surface area (Å²) in [6.07, 6.45) is 0.964. The molecule has 0 saturated carbocycles. The standard InChI is InChI=1S/C5H5F2N/c6-5(7)4-2-1-3-8-4/h1,3,5H,2H2. The summed E-state index contributed by atoms with van der Waals surface area (Å²) in [6.45, 7) is 0. The topological polar surface area (TPSA) is 12.4 Å². The molecule has 1 nitrogen and oxygen atoms in total. The van der Waals surface area contributed by atoms with Crippen LogP contribution < -0.4 is 0 Å². The van der Waals surface area contributed by atoms with E-state index in [0.717, 1.165) is 0 Å². The molecule has 0 atom stereocenters. The third kappa shape index (κ3) is 0.911. The van der Waals surface area contributed by atoms with Crippen molar-refractivity contribution in [3.63, 3.8) is 0 Å². The molecule has 0 aromatic heterocycles. The van der Waals surface area contributed by atoms with Crippen molar-refractivity contribution < 1.29 is 8.78 Å². The van der Waals surface area contributed by atoms with Crippen molar-refractivity contribution >= 4 is 5.71 Å². The first kappa shape index (κ1) is 5.41. The van der Waals surface area contributed by atoms with Crippen molar-refractivity contribution in [1.29, 1.82) is 0 Å². The molecule has 1 rings (SSSR count). The largest absolute Gasteiger partial charge is 0.276 e. The van der Waals surface area contributed by atoms with Gasteiger partial charge in [0.05, 0.1) is 5.71 Å². The summed E-state index contributed by atoms with van der Waals surface area (Å²) in [5, 5.41) is 0. The maximum atomic E-state index is 11.6. The van der Waals surface area contributed by atoms with Gasteiger partial charge < -0.3 is 0 Å². The van der Waals surface area contributed by atoms with Crippen molar-refractivity contribution in [2.75, 3.05) is 0 Å². The van der Waals surface area contributed by atoms with E-state index in [-0.39, 0.29) is 5.71 Å². The molecule has 0 unspecified atom stereocenters. The van der Waals surface area contributed by atoms with Crippen LogP contribution in [0.1, 0.15) is 6.42 Å². The highest BCUT2D eigenvalue weighted by atomic mass is 19.3. The fourth-order valence-electron chi connectivity index (χ4n) is 0.520. The van der Waals surface area contributed by atoms with Crippen LogP contribution in [0.3, 0.4) is 0 Å². The zero-order valence-electron chi connectivity index (χ0n) is 4.14. The summed E-state index contributed by atoms with van der Waals surface area (Å²) >= 11 is 0. The number of rotatable bonds is 1. The van der Waals surface area contributed by atoms with Crippen LogP contribution in [0.5, 0.6) is 0 Å². The summed E-state index contributed by atoms with van der Waals surface area (Å²) in [4.78, 5) is 3.42. The Labute approximate surface area is 45.7 Å². The third-order valence-corrected chi connectivity index (χ3v) is 0.925. The molecular weight excluding hydrogens is 112 g/mol. The SMILES string of the molecule is FC(F)C1=NC=CC1. The number of hydrogen-bond donors (Lipinski definition) is 0. The minimum Gasteiger partial charge on any atom is -0.260 e. The number of alkyl halides is 2. The van der Waals surface area contributed by atoms with Gasteiger partial charge in [-0.2, -0.15) is 0 Å². The smallest absolute Gasteiger partial charge is 0.260 e. The van der Waals surface area contributed by atoms with E-state index in [0.29, 0.717) is 6.42 Å². The molecule has 0 fully saturated rings. The molecule has 0 amide bonds. The summed E-state index contributed by atoms with van der Waals surface area (Å²) < 4.78 is 23.1. The van der Waals surface area contributed by atoms with Gasteiger partial charge in [-0.05, 0) is 0 Å². The van der Waals surface area contributed by atoms with E-state index in [1.54, 1.807) is 6.08 Å². The van der Waals surface area contributed by atoms with Gasteiger partial charge in [0.15, 0.2) is 0 Å². The molecule has 0 bridgehead atoms. The molecule has 1 aliphatic heterocycles. The lowest BCUT2D eigenvalue weighted by atomic mass is 10.3. The lowest BCUT2D eigenvalue weighted by molar-refractivity contribution is 0.224. The zero-order valence-corrected chi connectivity index (χ0v) is 4.14. The first-order valence-electron chi connectivity index (χ1n) is 2.30. The molecule has 0 saturated heterocycles. The van der Waals surface area contributed by atoms with Gasteiger partial charge in [-0.25, -0.2) is 8.78 Å². The van der Waals surface area contributed by atoms with Crippen LogP contribution in [0.2, 0.25) is 0 Å². The highest BCUT2D eigenvalue weighted by Crippen LogP contribution is 2.07. The second kappa shape index (κ2) is 2.03. The number of nitrogens with zero attached hydrogens (tertiary/aromatic N) is 1. The van der Waals surface area contributed by atoms with E-state index in [4.69, 9.17) is 0 Å². The van der Waals surface area contributed by atoms with E-state index < -0.39 is 6.43 Å². The lowest BCUT2D eigenvalue weighted by Gasteiger charge is -1.92. The van der Waals surface area contributed by atoms with E-state index in [2.05, 4.69) is 4.99 Å².